The first-order valence-electron chi connectivity index (χ1n) is 10.1. The summed E-state index contributed by atoms with van der Waals surface area (Å²) in [6, 6.07) is 20.0. The molecule has 0 bridgehead atoms. The molecule has 0 fully saturated rings. The largest absolute Gasteiger partial charge is 0.478 e. The molecule has 0 aliphatic heterocycles. The van der Waals surface area contributed by atoms with Gasteiger partial charge in [-0.1, -0.05) is 43.3 Å². The number of carbonyl (C=O) groups excluding carboxylic acids is 1. The third-order valence-electron chi connectivity index (χ3n) is 5.00. The Kier molecular flexibility index (Phi) is 7.20. The molecule has 168 valence electrons. The van der Waals surface area contributed by atoms with Crippen LogP contribution in [0.1, 0.15) is 18.9 Å². The summed E-state index contributed by atoms with van der Waals surface area (Å²) in [7, 11) is 1.57. The van der Waals surface area contributed by atoms with Gasteiger partial charge in [-0.3, -0.25) is 15.0 Å². The first-order chi connectivity index (χ1) is 15.8. The minimum Gasteiger partial charge on any atom is -0.478 e. The van der Waals surface area contributed by atoms with E-state index >= 15 is 0 Å². The molecule has 0 aliphatic carbocycles. The molecule has 0 saturated carbocycles. The molecule has 0 atom stereocenters. The maximum absolute atomic E-state index is 12.5. The Hall–Kier alpha value is -4.46. The molecule has 8 heteroatoms. The third-order valence-corrected chi connectivity index (χ3v) is 5.00. The predicted molar refractivity (Wildman–Crippen MR) is 125 cm³/mol. The van der Waals surface area contributed by atoms with Gasteiger partial charge in [0.2, 0.25) is 0 Å². The summed E-state index contributed by atoms with van der Waals surface area (Å²) in [5, 5.41) is 19.9. The molecule has 0 radical (unpaired) electrons. The molecule has 33 heavy (non-hydrogen) atoms. The van der Waals surface area contributed by atoms with Crippen LogP contribution < -0.4 is 9.64 Å². The number of hydrogen-bond donors (Lipinski definition) is 1. The zero-order valence-electron chi connectivity index (χ0n) is 18.1. The first-order valence-corrected chi connectivity index (χ1v) is 10.1. The van der Waals surface area contributed by atoms with Crippen molar-refractivity contribution in [2.24, 2.45) is 0 Å². The zero-order chi connectivity index (χ0) is 24.0. The van der Waals surface area contributed by atoms with E-state index < -0.39 is 17.0 Å². The van der Waals surface area contributed by atoms with Gasteiger partial charge in [0.1, 0.15) is 5.75 Å². The monoisotopic (exact) mass is 446 g/mol. The average molecular weight is 446 g/mol. The van der Waals surface area contributed by atoms with Gasteiger partial charge in [0.05, 0.1) is 4.92 Å². The number of hydrogen-bond acceptors (Lipinski definition) is 5. The van der Waals surface area contributed by atoms with E-state index in [-0.39, 0.29) is 11.4 Å². The molecule has 3 rings (SSSR count). The van der Waals surface area contributed by atoms with Crippen molar-refractivity contribution in [3.05, 3.63) is 94.0 Å². The van der Waals surface area contributed by atoms with Gasteiger partial charge in [-0.25, -0.2) is 9.59 Å². The number of carboxylic acids is 1. The molecule has 0 heterocycles. The summed E-state index contributed by atoms with van der Waals surface area (Å²) >= 11 is 0. The van der Waals surface area contributed by atoms with E-state index in [1.165, 1.54) is 29.2 Å². The molecular formula is C25H22N2O6. The molecule has 3 aromatic carbocycles. The first kappa shape index (κ1) is 23.2. The van der Waals surface area contributed by atoms with Crippen LogP contribution in [0.15, 0.2) is 78.4 Å². The number of ether oxygens (including phenoxy) is 1. The van der Waals surface area contributed by atoms with Crippen molar-refractivity contribution in [3.63, 3.8) is 0 Å². The van der Waals surface area contributed by atoms with E-state index in [9.17, 15) is 24.8 Å². The molecular weight excluding hydrogens is 424 g/mol. The van der Waals surface area contributed by atoms with Crippen molar-refractivity contribution >= 4 is 29.5 Å². The van der Waals surface area contributed by atoms with Gasteiger partial charge < -0.3 is 9.84 Å². The second kappa shape index (κ2) is 10.2. The number of carboxylic acid groups (broad SMARTS) is 1. The fourth-order valence-electron chi connectivity index (χ4n) is 3.09. The van der Waals surface area contributed by atoms with E-state index in [1.54, 1.807) is 26.1 Å². The topological polar surface area (TPSA) is 110 Å². The standard InChI is InChI=1S/C25H22N2O6/c1-3-18(24(28)29)15-17-7-9-19(10-8-17)20-5-4-6-22(16-20)26(2)25(30)33-23-13-11-21(12-14-23)27(31)32/h4-16H,3H2,1-2H3,(H,28,29)/b18-15-. The van der Waals surface area contributed by atoms with Crippen LogP contribution in [0, 0.1) is 10.1 Å². The summed E-state index contributed by atoms with van der Waals surface area (Å²) < 4.78 is 5.30. The lowest BCUT2D eigenvalue weighted by Crippen LogP contribution is -2.29. The molecule has 0 unspecified atom stereocenters. The highest BCUT2D eigenvalue weighted by molar-refractivity contribution is 5.92. The normalized spacial score (nSPS) is 11.0. The van der Waals surface area contributed by atoms with Crippen molar-refractivity contribution < 1.29 is 24.4 Å². The van der Waals surface area contributed by atoms with E-state index in [0.717, 1.165) is 16.7 Å². The Balaban J connectivity index is 1.75. The lowest BCUT2D eigenvalue weighted by Gasteiger charge is -2.18. The van der Waals surface area contributed by atoms with Crippen LogP contribution in [0.2, 0.25) is 0 Å². The highest BCUT2D eigenvalue weighted by Crippen LogP contribution is 2.26. The highest BCUT2D eigenvalue weighted by Gasteiger charge is 2.15. The fourth-order valence-corrected chi connectivity index (χ4v) is 3.09. The van der Waals surface area contributed by atoms with Crippen LogP contribution in [0.3, 0.4) is 0 Å². The maximum atomic E-state index is 12.5. The minimum absolute atomic E-state index is 0.0914. The predicted octanol–water partition coefficient (Wildman–Crippen LogP) is 5.78. The van der Waals surface area contributed by atoms with E-state index in [2.05, 4.69) is 0 Å². The minimum atomic E-state index is -0.932. The number of nitrogens with zero attached hydrogens (tertiary/aromatic N) is 2. The molecule has 0 aromatic heterocycles. The Morgan fingerprint density at radius 1 is 1.03 bits per heavy atom. The van der Waals surface area contributed by atoms with Crippen LogP contribution in [0.4, 0.5) is 16.2 Å². The van der Waals surface area contributed by atoms with Gasteiger partial charge >= 0.3 is 12.1 Å². The molecule has 8 nitrogen and oxygen atoms in total. The van der Waals surface area contributed by atoms with Crippen LogP contribution in [-0.2, 0) is 4.79 Å². The van der Waals surface area contributed by atoms with Gasteiger partial charge in [-0.05, 0) is 53.5 Å². The molecule has 1 amide bonds. The maximum Gasteiger partial charge on any atom is 0.419 e. The summed E-state index contributed by atoms with van der Waals surface area (Å²) in [6.07, 6.45) is 1.44. The Labute approximate surface area is 190 Å². The summed E-state index contributed by atoms with van der Waals surface area (Å²) in [5.41, 5.74) is 3.40. The molecule has 3 aromatic rings. The van der Waals surface area contributed by atoms with Crippen LogP contribution in [0.25, 0.3) is 17.2 Å². The van der Waals surface area contributed by atoms with E-state index in [1.807, 2.05) is 42.5 Å². The van der Waals surface area contributed by atoms with Gasteiger partial charge in [0, 0.05) is 30.4 Å². The Morgan fingerprint density at radius 2 is 1.70 bits per heavy atom. The average Bonchev–Trinajstić information content (AvgIpc) is 2.82. The van der Waals surface area contributed by atoms with E-state index in [0.29, 0.717) is 17.7 Å². The lowest BCUT2D eigenvalue weighted by atomic mass is 10.0. The second-order valence-corrected chi connectivity index (χ2v) is 7.18. The van der Waals surface area contributed by atoms with Crippen molar-refractivity contribution in [1.29, 1.82) is 0 Å². The van der Waals surface area contributed by atoms with Crippen LogP contribution >= 0.6 is 0 Å². The van der Waals surface area contributed by atoms with Gasteiger partial charge in [0.25, 0.3) is 5.69 Å². The quantitative estimate of drug-likeness (QED) is 0.280. The summed E-state index contributed by atoms with van der Waals surface area (Å²) in [4.78, 5) is 35.3. The van der Waals surface area contributed by atoms with Gasteiger partial charge in [-0.2, -0.15) is 0 Å². The van der Waals surface area contributed by atoms with Gasteiger partial charge in [-0.15, -0.1) is 0 Å². The van der Waals surface area contributed by atoms with Crippen LogP contribution in [0.5, 0.6) is 5.75 Å². The molecule has 0 aliphatic rings. The van der Waals surface area contributed by atoms with Crippen molar-refractivity contribution in [2.75, 3.05) is 11.9 Å². The van der Waals surface area contributed by atoms with Crippen molar-refractivity contribution in [3.8, 4) is 16.9 Å². The van der Waals surface area contributed by atoms with Crippen molar-refractivity contribution in [1.82, 2.24) is 0 Å². The Morgan fingerprint density at radius 3 is 2.27 bits per heavy atom. The Bertz CT molecular complexity index is 1200. The van der Waals surface area contributed by atoms with Crippen molar-refractivity contribution in [2.45, 2.75) is 13.3 Å². The third kappa shape index (κ3) is 5.82. The number of rotatable bonds is 7. The highest BCUT2D eigenvalue weighted by atomic mass is 16.6. The number of carbonyl (C=O) groups is 2. The number of benzene rings is 3. The number of anilines is 1. The number of nitro groups is 1. The van der Waals surface area contributed by atoms with E-state index in [4.69, 9.17) is 4.74 Å². The SMILES string of the molecule is CC/C(=C/c1ccc(-c2cccc(N(C)C(=O)Oc3ccc([N+](=O)[O-])cc3)c2)cc1)C(=O)O. The number of amides is 1. The molecule has 1 N–H and O–H groups in total. The zero-order valence-corrected chi connectivity index (χ0v) is 18.1. The van der Waals surface area contributed by atoms with Gasteiger partial charge in [0.15, 0.2) is 0 Å². The number of non-ortho nitro benzene ring substituents is 1. The second-order valence-electron chi connectivity index (χ2n) is 7.18. The smallest absolute Gasteiger partial charge is 0.419 e. The number of aliphatic carboxylic acids is 1. The summed E-state index contributed by atoms with van der Waals surface area (Å²) in [5.74, 6) is -0.733. The molecule has 0 saturated heterocycles. The summed E-state index contributed by atoms with van der Waals surface area (Å²) in [6.45, 7) is 1.79. The lowest BCUT2D eigenvalue weighted by molar-refractivity contribution is -0.384. The fraction of sp³-hybridized carbons (Fsp3) is 0.120. The molecule has 0 spiro atoms. The number of nitro benzene ring substituents is 1. The van der Waals surface area contributed by atoms with Crippen LogP contribution in [-0.4, -0.2) is 29.1 Å².